The summed E-state index contributed by atoms with van der Waals surface area (Å²) in [6, 6.07) is 8.12. The number of ether oxygens (including phenoxy) is 1. The second kappa shape index (κ2) is 11.8. The number of carbonyl (C=O) groups excluding carboxylic acids is 2. The topological polar surface area (TPSA) is 150 Å². The highest BCUT2D eigenvalue weighted by molar-refractivity contribution is 6.10. The van der Waals surface area contributed by atoms with E-state index in [1.54, 1.807) is 31.7 Å². The maximum Gasteiger partial charge on any atom is 0.404 e. The Morgan fingerprint density at radius 2 is 2.06 bits per heavy atom. The third-order valence-corrected chi connectivity index (χ3v) is 5.93. The molecular formula is C25H29N5O6. The molecule has 190 valence electrons. The number of fused-ring (bicyclic) bond motifs is 1. The number of rotatable bonds is 11. The van der Waals surface area contributed by atoms with E-state index in [0.717, 1.165) is 16.2 Å². The van der Waals surface area contributed by atoms with Crippen molar-refractivity contribution in [1.29, 1.82) is 5.26 Å². The Balaban J connectivity index is 1.91. The van der Waals surface area contributed by atoms with Crippen molar-refractivity contribution >= 4 is 28.8 Å². The molecular weight excluding hydrogens is 466 g/mol. The van der Waals surface area contributed by atoms with Gasteiger partial charge in [0.1, 0.15) is 17.6 Å². The second-order valence-electron chi connectivity index (χ2n) is 8.26. The van der Waals surface area contributed by atoms with Crippen LogP contribution in [0.5, 0.6) is 5.75 Å². The number of nitrogens with zero attached hydrogens (tertiary/aromatic N) is 3. The van der Waals surface area contributed by atoms with E-state index >= 15 is 0 Å². The maximum atomic E-state index is 13.6. The van der Waals surface area contributed by atoms with Gasteiger partial charge in [-0.15, -0.1) is 0 Å². The van der Waals surface area contributed by atoms with Crippen molar-refractivity contribution in [3.05, 3.63) is 53.6 Å². The van der Waals surface area contributed by atoms with Crippen molar-refractivity contribution in [3.8, 4) is 11.9 Å². The van der Waals surface area contributed by atoms with Gasteiger partial charge in [-0.1, -0.05) is 0 Å². The number of carbonyl (C=O) groups is 3. The fourth-order valence-corrected chi connectivity index (χ4v) is 4.08. The van der Waals surface area contributed by atoms with Crippen molar-refractivity contribution in [2.24, 2.45) is 0 Å². The van der Waals surface area contributed by atoms with Crippen molar-refractivity contribution in [2.75, 3.05) is 20.7 Å². The van der Waals surface area contributed by atoms with Crippen molar-refractivity contribution in [1.82, 2.24) is 20.1 Å². The fraction of sp³-hybridized carbons (Fsp3) is 0.360. The molecule has 0 saturated heterocycles. The maximum absolute atomic E-state index is 13.6. The summed E-state index contributed by atoms with van der Waals surface area (Å²) in [5.41, 5.74) is 1.87. The number of furan rings is 1. The normalized spacial score (nSPS) is 11.5. The predicted molar refractivity (Wildman–Crippen MR) is 131 cm³/mol. The van der Waals surface area contributed by atoms with Gasteiger partial charge in [-0.25, -0.2) is 4.79 Å². The third-order valence-electron chi connectivity index (χ3n) is 5.93. The van der Waals surface area contributed by atoms with Crippen LogP contribution in [0.25, 0.3) is 10.9 Å². The molecule has 0 spiro atoms. The van der Waals surface area contributed by atoms with Crippen molar-refractivity contribution < 1.29 is 28.6 Å². The van der Waals surface area contributed by atoms with E-state index in [1.165, 1.54) is 7.05 Å². The van der Waals surface area contributed by atoms with Crippen LogP contribution < -0.4 is 15.4 Å². The largest absolute Gasteiger partial charge is 0.497 e. The zero-order valence-corrected chi connectivity index (χ0v) is 20.4. The van der Waals surface area contributed by atoms with Gasteiger partial charge in [-0.2, -0.15) is 5.26 Å². The summed E-state index contributed by atoms with van der Waals surface area (Å²) >= 11 is 0. The lowest BCUT2D eigenvalue weighted by molar-refractivity contribution is -0.129. The zero-order chi connectivity index (χ0) is 26.2. The van der Waals surface area contributed by atoms with Gasteiger partial charge in [0, 0.05) is 30.2 Å². The van der Waals surface area contributed by atoms with Gasteiger partial charge in [0.15, 0.2) is 6.19 Å². The van der Waals surface area contributed by atoms with E-state index < -0.39 is 23.9 Å². The van der Waals surface area contributed by atoms with Gasteiger partial charge in [0.2, 0.25) is 0 Å². The average molecular weight is 496 g/mol. The second-order valence-corrected chi connectivity index (χ2v) is 8.26. The molecule has 0 fully saturated rings. The molecule has 2 heterocycles. The lowest BCUT2D eigenvalue weighted by atomic mass is 10.1. The van der Waals surface area contributed by atoms with Gasteiger partial charge >= 0.3 is 6.09 Å². The third kappa shape index (κ3) is 5.96. The number of nitriles is 1. The Hall–Kier alpha value is -4.46. The molecule has 3 aromatic rings. The Kier molecular flexibility index (Phi) is 8.57. The molecule has 0 bridgehead atoms. The molecule has 0 aliphatic heterocycles. The molecule has 0 aliphatic carbocycles. The summed E-state index contributed by atoms with van der Waals surface area (Å²) in [5, 5.41) is 23.6. The number of carboxylic acid groups (broad SMARTS) is 1. The average Bonchev–Trinajstić information content (AvgIpc) is 3.47. The minimum atomic E-state index is -1.13. The highest BCUT2D eigenvalue weighted by atomic mass is 16.5. The number of aromatic nitrogens is 1. The lowest BCUT2D eigenvalue weighted by Crippen LogP contribution is -2.46. The van der Waals surface area contributed by atoms with Crippen molar-refractivity contribution in [2.45, 2.75) is 38.8 Å². The molecule has 1 atom stereocenters. The molecule has 0 saturated carbocycles. The molecule has 11 nitrogen and oxygen atoms in total. The summed E-state index contributed by atoms with van der Waals surface area (Å²) in [6.45, 7) is 2.45. The van der Waals surface area contributed by atoms with Crippen LogP contribution in [-0.2, 0) is 11.3 Å². The number of likely N-dealkylation sites (N-methyl/N-ethyl adjacent to an activating group) is 1. The molecule has 0 radical (unpaired) electrons. The van der Waals surface area contributed by atoms with Crippen LogP contribution in [0.1, 0.15) is 41.1 Å². The van der Waals surface area contributed by atoms with E-state index in [0.29, 0.717) is 41.8 Å². The first kappa shape index (κ1) is 26.2. The predicted octanol–water partition coefficient (Wildman–Crippen LogP) is 3.08. The Morgan fingerprint density at radius 3 is 2.69 bits per heavy atom. The Morgan fingerprint density at radius 1 is 1.28 bits per heavy atom. The first-order valence-corrected chi connectivity index (χ1v) is 11.4. The number of nitrogens with one attached hydrogen (secondary N) is 2. The number of benzene rings is 1. The van der Waals surface area contributed by atoms with E-state index in [-0.39, 0.29) is 13.0 Å². The molecule has 2 aromatic heterocycles. The summed E-state index contributed by atoms with van der Waals surface area (Å²) in [6.07, 6.45) is 3.40. The number of unbranched alkanes of at least 4 members (excludes halogenated alkanes) is 1. The molecule has 3 rings (SSSR count). The minimum absolute atomic E-state index is 0.220. The first-order valence-electron chi connectivity index (χ1n) is 11.4. The molecule has 3 amide bonds. The van der Waals surface area contributed by atoms with Crippen LogP contribution in [0, 0.1) is 18.4 Å². The van der Waals surface area contributed by atoms with Crippen molar-refractivity contribution in [3.63, 3.8) is 0 Å². The molecule has 1 unspecified atom stereocenters. The number of hydrogen-bond acceptors (Lipinski definition) is 6. The molecule has 11 heteroatoms. The van der Waals surface area contributed by atoms with E-state index in [2.05, 4.69) is 10.6 Å². The first-order chi connectivity index (χ1) is 17.3. The summed E-state index contributed by atoms with van der Waals surface area (Å²) in [7, 11) is 2.87. The van der Waals surface area contributed by atoms with Gasteiger partial charge < -0.3 is 29.5 Å². The van der Waals surface area contributed by atoms with Crippen LogP contribution in [-0.4, -0.2) is 59.2 Å². The fourth-order valence-electron chi connectivity index (χ4n) is 4.08. The Labute approximate surface area is 208 Å². The Bertz CT molecular complexity index is 1270. The van der Waals surface area contributed by atoms with Crippen LogP contribution in [0.15, 0.2) is 41.0 Å². The number of methoxy groups -OCH3 is 1. The van der Waals surface area contributed by atoms with E-state index in [1.807, 2.05) is 29.7 Å². The number of amides is 3. The molecule has 3 N–H and O–H groups in total. The highest BCUT2D eigenvalue weighted by Gasteiger charge is 2.28. The molecule has 36 heavy (non-hydrogen) atoms. The zero-order valence-electron chi connectivity index (χ0n) is 20.4. The molecule has 1 aromatic carbocycles. The summed E-state index contributed by atoms with van der Waals surface area (Å²) < 4.78 is 12.8. The van der Waals surface area contributed by atoms with Gasteiger partial charge in [-0.05, 0) is 56.5 Å². The van der Waals surface area contributed by atoms with Crippen LogP contribution >= 0.6 is 0 Å². The smallest absolute Gasteiger partial charge is 0.404 e. The van der Waals surface area contributed by atoms with E-state index in [4.69, 9.17) is 14.3 Å². The van der Waals surface area contributed by atoms with Crippen LogP contribution in [0.2, 0.25) is 0 Å². The van der Waals surface area contributed by atoms with Crippen LogP contribution in [0.4, 0.5) is 4.79 Å². The standard InChI is InChI=1S/C25H29N5O6/c1-16-22(19-13-17(35-3)9-10-21(19)30(16)14-18-7-6-12-36-18)23(31)28-20(24(32)29(2)15-26)8-4-5-11-27-25(33)34/h6-7,9-10,12-13,20,27H,4-5,8,11,14H2,1-3H3,(H,28,31)(H,33,34). The van der Waals surface area contributed by atoms with Gasteiger partial charge in [0.05, 0.1) is 25.5 Å². The van der Waals surface area contributed by atoms with Gasteiger partial charge in [0.25, 0.3) is 11.8 Å². The van der Waals surface area contributed by atoms with E-state index in [9.17, 15) is 19.6 Å². The van der Waals surface area contributed by atoms with Crippen LogP contribution in [0.3, 0.4) is 0 Å². The monoisotopic (exact) mass is 495 g/mol. The SMILES string of the molecule is COc1ccc2c(c1)c(C(=O)NC(CCCCNC(=O)O)C(=O)N(C)C#N)c(C)n2Cc1ccco1. The van der Waals surface area contributed by atoms with Gasteiger partial charge in [-0.3, -0.25) is 14.5 Å². The quantitative estimate of drug-likeness (QED) is 0.210. The minimum Gasteiger partial charge on any atom is -0.497 e. The summed E-state index contributed by atoms with van der Waals surface area (Å²) in [5.74, 6) is 0.287. The summed E-state index contributed by atoms with van der Waals surface area (Å²) in [4.78, 5) is 37.9. The lowest BCUT2D eigenvalue weighted by Gasteiger charge is -2.20. The highest BCUT2D eigenvalue weighted by Crippen LogP contribution is 2.30. The molecule has 0 aliphatic rings. The number of hydrogen-bond donors (Lipinski definition) is 3.